The molecule has 1 aliphatic heterocycles. The third-order valence-corrected chi connectivity index (χ3v) is 5.23. The Morgan fingerprint density at radius 3 is 2.31 bits per heavy atom. The highest BCUT2D eigenvalue weighted by Gasteiger charge is 2.30. The number of anilines is 1. The number of nitriles is 1. The molecule has 0 unspecified atom stereocenters. The van der Waals surface area contributed by atoms with Crippen LogP contribution in [0.4, 0.5) is 10.5 Å². The second-order valence-corrected chi connectivity index (χ2v) is 8.85. The summed E-state index contributed by atoms with van der Waals surface area (Å²) in [5, 5.41) is 18.9. The highest BCUT2D eigenvalue weighted by atomic mass is 16.6. The smallest absolute Gasteiger partial charge is 0.407 e. The molecule has 1 amide bonds. The van der Waals surface area contributed by atoms with Crippen molar-refractivity contribution in [1.82, 2.24) is 4.90 Å². The number of hydrogen-bond donors (Lipinski definition) is 1. The van der Waals surface area contributed by atoms with Crippen molar-refractivity contribution in [2.45, 2.75) is 64.5 Å². The van der Waals surface area contributed by atoms with E-state index in [1.165, 1.54) is 4.90 Å². The van der Waals surface area contributed by atoms with Gasteiger partial charge in [0, 0.05) is 37.8 Å². The van der Waals surface area contributed by atoms with E-state index < -0.39 is 17.1 Å². The first-order valence-corrected chi connectivity index (χ1v) is 9.93. The van der Waals surface area contributed by atoms with Gasteiger partial charge in [-0.2, -0.15) is 5.26 Å². The predicted molar refractivity (Wildman–Crippen MR) is 111 cm³/mol. The van der Waals surface area contributed by atoms with Gasteiger partial charge in [0.15, 0.2) is 0 Å². The molecule has 1 saturated heterocycles. The molecule has 7 nitrogen and oxygen atoms in total. The fourth-order valence-electron chi connectivity index (χ4n) is 3.55. The van der Waals surface area contributed by atoms with E-state index in [9.17, 15) is 14.9 Å². The molecule has 158 valence electrons. The summed E-state index contributed by atoms with van der Waals surface area (Å²) in [5.74, 6) is -0.305. The van der Waals surface area contributed by atoms with E-state index in [4.69, 9.17) is 9.84 Å². The summed E-state index contributed by atoms with van der Waals surface area (Å²) in [7, 11) is 0. The van der Waals surface area contributed by atoms with Crippen molar-refractivity contribution in [2.24, 2.45) is 0 Å². The largest absolute Gasteiger partial charge is 0.465 e. The van der Waals surface area contributed by atoms with Crippen molar-refractivity contribution >= 4 is 17.7 Å². The zero-order chi connectivity index (χ0) is 21.8. The van der Waals surface area contributed by atoms with Crippen LogP contribution in [-0.4, -0.2) is 53.3 Å². The molecule has 0 bridgehead atoms. The SMILES string of the molecule is C[C@H]1CN(C(=O)O)CCN1c1ccc([C@](C)(C#N)CCC(=O)OC(C)(C)C)cc1. The Bertz CT molecular complexity index is 779. The standard InChI is InChI=1S/C22H31N3O4/c1-16-14-24(20(27)28)12-13-25(16)18-8-6-17(7-9-18)22(5,15-23)11-10-19(26)29-21(2,3)4/h6-9,16H,10-14H2,1-5H3,(H,27,28)/t16-,22-/m0/s1. The zero-order valence-corrected chi connectivity index (χ0v) is 17.9. The van der Waals surface area contributed by atoms with Crippen LogP contribution in [0.25, 0.3) is 0 Å². The van der Waals surface area contributed by atoms with Crippen LogP contribution in [0.3, 0.4) is 0 Å². The van der Waals surface area contributed by atoms with Gasteiger partial charge in [-0.1, -0.05) is 12.1 Å². The Labute approximate surface area is 172 Å². The van der Waals surface area contributed by atoms with Crippen molar-refractivity contribution < 1.29 is 19.4 Å². The van der Waals surface area contributed by atoms with Gasteiger partial charge >= 0.3 is 12.1 Å². The number of piperazine rings is 1. The number of ether oxygens (including phenoxy) is 1. The molecule has 2 atom stereocenters. The first-order valence-electron chi connectivity index (χ1n) is 9.93. The molecular weight excluding hydrogens is 370 g/mol. The molecule has 0 saturated carbocycles. The van der Waals surface area contributed by atoms with Gasteiger partial charge < -0.3 is 19.6 Å². The van der Waals surface area contributed by atoms with Crippen LogP contribution < -0.4 is 4.90 Å². The third kappa shape index (κ3) is 5.86. The fourth-order valence-corrected chi connectivity index (χ4v) is 3.55. The summed E-state index contributed by atoms with van der Waals surface area (Å²) in [5.41, 5.74) is 0.523. The molecule has 1 heterocycles. The molecule has 29 heavy (non-hydrogen) atoms. The summed E-state index contributed by atoms with van der Waals surface area (Å²) >= 11 is 0. The summed E-state index contributed by atoms with van der Waals surface area (Å²) in [6.45, 7) is 10.9. The second-order valence-electron chi connectivity index (χ2n) is 8.85. The summed E-state index contributed by atoms with van der Waals surface area (Å²) in [6, 6.07) is 10.2. The average molecular weight is 402 g/mol. The van der Waals surface area contributed by atoms with Crippen molar-refractivity contribution in [3.05, 3.63) is 29.8 Å². The summed E-state index contributed by atoms with van der Waals surface area (Å²) in [6.07, 6.45) is -0.329. The minimum absolute atomic E-state index is 0.0696. The van der Waals surface area contributed by atoms with Gasteiger partial charge in [0.2, 0.25) is 0 Å². The molecule has 7 heteroatoms. The molecule has 0 aromatic heterocycles. The molecule has 1 aliphatic rings. The molecule has 1 aromatic rings. The van der Waals surface area contributed by atoms with E-state index in [2.05, 4.69) is 11.0 Å². The molecular formula is C22H31N3O4. The first-order chi connectivity index (χ1) is 13.4. The number of carboxylic acid groups (broad SMARTS) is 1. The quantitative estimate of drug-likeness (QED) is 0.755. The predicted octanol–water partition coefficient (Wildman–Crippen LogP) is 3.78. The van der Waals surface area contributed by atoms with E-state index in [-0.39, 0.29) is 18.4 Å². The average Bonchev–Trinajstić information content (AvgIpc) is 2.65. The molecule has 0 radical (unpaired) electrons. The molecule has 1 N–H and O–H groups in total. The molecule has 0 aliphatic carbocycles. The first kappa shape index (κ1) is 22.5. The van der Waals surface area contributed by atoms with Crippen LogP contribution in [0, 0.1) is 11.3 Å². The minimum atomic E-state index is -0.887. The Hall–Kier alpha value is -2.75. The normalized spacial score (nSPS) is 19.2. The van der Waals surface area contributed by atoms with Gasteiger partial charge in [-0.25, -0.2) is 4.79 Å². The minimum Gasteiger partial charge on any atom is -0.465 e. The monoisotopic (exact) mass is 401 g/mol. The maximum absolute atomic E-state index is 12.0. The maximum atomic E-state index is 12.0. The number of benzene rings is 1. The number of amides is 1. The van der Waals surface area contributed by atoms with Crippen molar-refractivity contribution in [2.75, 3.05) is 24.5 Å². The number of esters is 1. The van der Waals surface area contributed by atoms with Gasteiger partial charge in [0.25, 0.3) is 0 Å². The maximum Gasteiger partial charge on any atom is 0.407 e. The highest BCUT2D eigenvalue weighted by Crippen LogP contribution is 2.31. The Morgan fingerprint density at radius 2 is 1.83 bits per heavy atom. The lowest BCUT2D eigenvalue weighted by atomic mass is 9.80. The zero-order valence-electron chi connectivity index (χ0n) is 17.9. The Morgan fingerprint density at radius 1 is 1.21 bits per heavy atom. The van der Waals surface area contributed by atoms with Crippen LogP contribution >= 0.6 is 0 Å². The van der Waals surface area contributed by atoms with E-state index in [1.807, 2.05) is 58.9 Å². The van der Waals surface area contributed by atoms with E-state index in [0.29, 0.717) is 26.1 Å². The number of hydrogen-bond acceptors (Lipinski definition) is 5. The molecule has 2 rings (SSSR count). The fraction of sp³-hybridized carbons (Fsp3) is 0.591. The summed E-state index contributed by atoms with van der Waals surface area (Å²) in [4.78, 5) is 26.8. The number of nitrogens with zero attached hydrogens (tertiary/aromatic N) is 3. The number of rotatable bonds is 5. The second kappa shape index (κ2) is 8.73. The van der Waals surface area contributed by atoms with E-state index in [0.717, 1.165) is 11.3 Å². The van der Waals surface area contributed by atoms with E-state index >= 15 is 0 Å². The van der Waals surface area contributed by atoms with Crippen LogP contribution in [0.5, 0.6) is 0 Å². The lowest BCUT2D eigenvalue weighted by Gasteiger charge is -2.40. The number of carbonyl (C=O) groups is 2. The van der Waals surface area contributed by atoms with Gasteiger partial charge in [-0.15, -0.1) is 0 Å². The van der Waals surface area contributed by atoms with Crippen LogP contribution in [0.15, 0.2) is 24.3 Å². The van der Waals surface area contributed by atoms with Gasteiger partial charge in [0.05, 0.1) is 11.5 Å². The molecule has 1 aromatic carbocycles. The Kier molecular flexibility index (Phi) is 6.78. The van der Waals surface area contributed by atoms with Gasteiger partial charge in [0.1, 0.15) is 5.60 Å². The lowest BCUT2D eigenvalue weighted by Crippen LogP contribution is -2.53. The Balaban J connectivity index is 2.06. The van der Waals surface area contributed by atoms with Crippen molar-refractivity contribution in [1.29, 1.82) is 5.26 Å². The van der Waals surface area contributed by atoms with Gasteiger partial charge in [-0.05, 0) is 58.7 Å². The van der Waals surface area contributed by atoms with Crippen LogP contribution in [-0.2, 0) is 14.9 Å². The molecule has 0 spiro atoms. The molecule has 1 fully saturated rings. The highest BCUT2D eigenvalue weighted by molar-refractivity contribution is 5.70. The number of carbonyl (C=O) groups excluding carboxylic acids is 1. The van der Waals surface area contributed by atoms with Crippen molar-refractivity contribution in [3.63, 3.8) is 0 Å². The van der Waals surface area contributed by atoms with Gasteiger partial charge in [-0.3, -0.25) is 4.79 Å². The lowest BCUT2D eigenvalue weighted by molar-refractivity contribution is -0.155. The topological polar surface area (TPSA) is 93.9 Å². The van der Waals surface area contributed by atoms with E-state index in [1.54, 1.807) is 0 Å². The van der Waals surface area contributed by atoms with Crippen molar-refractivity contribution in [3.8, 4) is 6.07 Å². The van der Waals surface area contributed by atoms with Crippen LogP contribution in [0.2, 0.25) is 0 Å². The van der Waals surface area contributed by atoms with Crippen LogP contribution in [0.1, 0.15) is 53.0 Å². The summed E-state index contributed by atoms with van der Waals surface area (Å²) < 4.78 is 5.35. The third-order valence-electron chi connectivity index (χ3n) is 5.23.